The fourth-order valence-corrected chi connectivity index (χ4v) is 2.30. The first-order valence-electron chi connectivity index (χ1n) is 8.17. The second kappa shape index (κ2) is 9.64. The maximum absolute atomic E-state index is 12.4. The van der Waals surface area contributed by atoms with Crippen molar-refractivity contribution < 1.29 is 24.2 Å². The predicted molar refractivity (Wildman–Crippen MR) is 103 cm³/mol. The minimum Gasteiger partial charge on any atom is -0.497 e. The van der Waals surface area contributed by atoms with Gasteiger partial charge in [-0.3, -0.25) is 9.59 Å². The van der Waals surface area contributed by atoms with Gasteiger partial charge in [-0.25, -0.2) is 0 Å². The molecule has 0 bridgehead atoms. The molecule has 0 aromatic heterocycles. The molecule has 0 aliphatic rings. The maximum atomic E-state index is 12.4. The molecule has 8 heteroatoms. The van der Waals surface area contributed by atoms with Crippen molar-refractivity contribution in [2.45, 2.75) is 6.42 Å². The largest absolute Gasteiger partial charge is 0.497 e. The summed E-state index contributed by atoms with van der Waals surface area (Å²) in [6, 6.07) is 13.4. The molecule has 3 N–H and O–H groups in total. The first-order valence-corrected chi connectivity index (χ1v) is 8.17. The molecule has 0 atom stereocenters. The van der Waals surface area contributed by atoms with Gasteiger partial charge in [-0.15, -0.1) is 0 Å². The number of benzene rings is 2. The number of nitrogens with one attached hydrogen (secondary N) is 2. The third-order valence-corrected chi connectivity index (χ3v) is 3.71. The summed E-state index contributed by atoms with van der Waals surface area (Å²) < 4.78 is 10.3. The highest BCUT2D eigenvalue weighted by atomic mass is 16.5. The lowest BCUT2D eigenvalue weighted by Crippen LogP contribution is -2.15. The normalized spacial score (nSPS) is 10.5. The number of hydrogen-bond acceptors (Lipinski definition) is 6. The number of aliphatic carboxylic acids is 1. The van der Waals surface area contributed by atoms with Crippen LogP contribution in [0.3, 0.4) is 0 Å². The minimum absolute atomic E-state index is 0.0790. The SMILES string of the molecule is COc1ccc(OC)c(NC(=O)/C(C#N)=C\Nc2ccc(CC(=O)O)cc2)c1. The number of nitriles is 1. The maximum Gasteiger partial charge on any atom is 0.307 e. The van der Waals surface area contributed by atoms with E-state index in [0.29, 0.717) is 28.4 Å². The molecule has 0 spiro atoms. The Labute approximate surface area is 162 Å². The van der Waals surface area contributed by atoms with Crippen LogP contribution >= 0.6 is 0 Å². The molecule has 0 fully saturated rings. The number of ether oxygens (including phenoxy) is 2. The van der Waals surface area contributed by atoms with Gasteiger partial charge in [0, 0.05) is 18.0 Å². The van der Waals surface area contributed by atoms with E-state index in [9.17, 15) is 14.9 Å². The van der Waals surface area contributed by atoms with E-state index in [1.807, 2.05) is 6.07 Å². The number of carboxylic acid groups (broad SMARTS) is 1. The van der Waals surface area contributed by atoms with Crippen LogP contribution in [0, 0.1) is 11.3 Å². The van der Waals surface area contributed by atoms with Crippen molar-refractivity contribution in [3.63, 3.8) is 0 Å². The van der Waals surface area contributed by atoms with E-state index in [2.05, 4.69) is 10.6 Å². The van der Waals surface area contributed by atoms with E-state index in [-0.39, 0.29) is 12.0 Å². The molecule has 1 amide bonds. The zero-order valence-electron chi connectivity index (χ0n) is 15.4. The van der Waals surface area contributed by atoms with E-state index < -0.39 is 11.9 Å². The van der Waals surface area contributed by atoms with E-state index in [0.717, 1.165) is 0 Å². The molecule has 2 rings (SSSR count). The van der Waals surface area contributed by atoms with E-state index in [4.69, 9.17) is 14.6 Å². The van der Waals surface area contributed by atoms with Crippen molar-refractivity contribution in [3.05, 3.63) is 59.8 Å². The van der Waals surface area contributed by atoms with Gasteiger partial charge in [-0.05, 0) is 29.8 Å². The van der Waals surface area contributed by atoms with Crippen molar-refractivity contribution in [2.75, 3.05) is 24.9 Å². The van der Waals surface area contributed by atoms with Crippen LogP contribution in [0.2, 0.25) is 0 Å². The Balaban J connectivity index is 2.11. The highest BCUT2D eigenvalue weighted by Gasteiger charge is 2.13. The average molecular weight is 381 g/mol. The molecule has 0 unspecified atom stereocenters. The first kappa shape index (κ1) is 20.3. The Kier molecular flexibility index (Phi) is 6.99. The monoisotopic (exact) mass is 381 g/mol. The smallest absolute Gasteiger partial charge is 0.307 e. The highest BCUT2D eigenvalue weighted by Crippen LogP contribution is 2.29. The summed E-state index contributed by atoms with van der Waals surface area (Å²) >= 11 is 0. The van der Waals surface area contributed by atoms with Crippen LogP contribution in [-0.2, 0) is 16.0 Å². The summed E-state index contributed by atoms with van der Waals surface area (Å²) in [7, 11) is 2.97. The van der Waals surface area contributed by atoms with Gasteiger partial charge in [-0.2, -0.15) is 5.26 Å². The number of anilines is 2. The topological polar surface area (TPSA) is 121 Å². The average Bonchev–Trinajstić information content (AvgIpc) is 2.69. The Bertz CT molecular complexity index is 930. The molecule has 0 saturated carbocycles. The minimum atomic E-state index is -0.919. The standard InChI is InChI=1S/C20H19N3O5/c1-27-16-7-8-18(28-2)17(10-16)23-20(26)14(11-21)12-22-15-5-3-13(4-6-15)9-19(24)25/h3-8,10,12,22H,9H2,1-2H3,(H,23,26)(H,24,25)/b14-12-. The molecule has 2 aromatic carbocycles. The second-order valence-corrected chi connectivity index (χ2v) is 5.60. The zero-order valence-corrected chi connectivity index (χ0v) is 15.4. The third kappa shape index (κ3) is 5.51. The Morgan fingerprint density at radius 2 is 1.86 bits per heavy atom. The van der Waals surface area contributed by atoms with Crippen LogP contribution in [0.5, 0.6) is 11.5 Å². The van der Waals surface area contributed by atoms with Crippen LogP contribution in [-0.4, -0.2) is 31.2 Å². The number of nitrogens with zero attached hydrogens (tertiary/aromatic N) is 1. The van der Waals surface area contributed by atoms with Crippen molar-refractivity contribution in [2.24, 2.45) is 0 Å². The highest BCUT2D eigenvalue weighted by molar-refractivity contribution is 6.07. The molecule has 8 nitrogen and oxygen atoms in total. The first-order chi connectivity index (χ1) is 13.5. The lowest BCUT2D eigenvalue weighted by Gasteiger charge is -2.11. The third-order valence-electron chi connectivity index (χ3n) is 3.71. The summed E-state index contributed by atoms with van der Waals surface area (Å²) in [4.78, 5) is 23.1. The number of amides is 1. The summed E-state index contributed by atoms with van der Waals surface area (Å²) in [5, 5.41) is 23.5. The fourth-order valence-electron chi connectivity index (χ4n) is 2.30. The molecule has 2 aromatic rings. The molecular weight excluding hydrogens is 362 g/mol. The lowest BCUT2D eigenvalue weighted by atomic mass is 10.1. The molecule has 144 valence electrons. The summed E-state index contributed by atoms with van der Waals surface area (Å²) in [6.45, 7) is 0. The summed E-state index contributed by atoms with van der Waals surface area (Å²) in [6.07, 6.45) is 1.19. The van der Waals surface area contributed by atoms with Crippen LogP contribution in [0.1, 0.15) is 5.56 Å². The van der Waals surface area contributed by atoms with Crippen LogP contribution in [0.4, 0.5) is 11.4 Å². The number of rotatable bonds is 8. The number of methoxy groups -OCH3 is 2. The number of hydrogen-bond donors (Lipinski definition) is 3. The Morgan fingerprint density at radius 1 is 1.14 bits per heavy atom. The van der Waals surface area contributed by atoms with Crippen LogP contribution < -0.4 is 20.1 Å². The van der Waals surface area contributed by atoms with Gasteiger partial charge in [0.15, 0.2) is 0 Å². The van der Waals surface area contributed by atoms with Gasteiger partial charge in [0.25, 0.3) is 5.91 Å². The predicted octanol–water partition coefficient (Wildman–Crippen LogP) is 2.79. The van der Waals surface area contributed by atoms with Gasteiger partial charge in [-0.1, -0.05) is 12.1 Å². The van der Waals surface area contributed by atoms with Crippen molar-refractivity contribution >= 4 is 23.3 Å². The van der Waals surface area contributed by atoms with Crippen LogP contribution in [0.15, 0.2) is 54.2 Å². The molecule has 0 radical (unpaired) electrons. The van der Waals surface area contributed by atoms with Crippen molar-refractivity contribution in [1.82, 2.24) is 0 Å². The quantitative estimate of drug-likeness (QED) is 0.475. The Hall–Kier alpha value is -3.99. The molecule has 0 saturated heterocycles. The molecule has 0 aliphatic carbocycles. The molecule has 28 heavy (non-hydrogen) atoms. The number of carbonyl (C=O) groups is 2. The van der Waals surface area contributed by atoms with E-state index in [1.165, 1.54) is 20.4 Å². The van der Waals surface area contributed by atoms with Gasteiger partial charge in [0.1, 0.15) is 23.1 Å². The number of carbonyl (C=O) groups excluding carboxylic acids is 1. The number of carboxylic acids is 1. The van der Waals surface area contributed by atoms with Gasteiger partial charge >= 0.3 is 5.97 Å². The summed E-state index contributed by atoms with van der Waals surface area (Å²) in [5.74, 6) is -0.590. The fraction of sp³-hybridized carbons (Fsp3) is 0.150. The van der Waals surface area contributed by atoms with Gasteiger partial charge < -0.3 is 25.2 Å². The summed E-state index contributed by atoms with van der Waals surface area (Å²) in [5.41, 5.74) is 1.46. The second-order valence-electron chi connectivity index (χ2n) is 5.60. The van der Waals surface area contributed by atoms with Crippen molar-refractivity contribution in [1.29, 1.82) is 5.26 Å². The van der Waals surface area contributed by atoms with E-state index >= 15 is 0 Å². The zero-order chi connectivity index (χ0) is 20.5. The lowest BCUT2D eigenvalue weighted by molar-refractivity contribution is -0.136. The Morgan fingerprint density at radius 3 is 2.43 bits per heavy atom. The van der Waals surface area contributed by atoms with E-state index in [1.54, 1.807) is 42.5 Å². The molecule has 0 heterocycles. The molecule has 0 aliphatic heterocycles. The van der Waals surface area contributed by atoms with Gasteiger partial charge in [0.2, 0.25) is 0 Å². The van der Waals surface area contributed by atoms with Gasteiger partial charge in [0.05, 0.1) is 26.3 Å². The van der Waals surface area contributed by atoms with Crippen LogP contribution in [0.25, 0.3) is 0 Å². The molecular formula is C20H19N3O5. The van der Waals surface area contributed by atoms with Crippen molar-refractivity contribution in [3.8, 4) is 17.6 Å².